The van der Waals surface area contributed by atoms with E-state index in [0.717, 1.165) is 66.7 Å². The molecule has 4 heterocycles. The molecule has 6 aromatic carbocycles. The summed E-state index contributed by atoms with van der Waals surface area (Å²) in [4.78, 5) is 9.66. The number of benzene rings is 6. The van der Waals surface area contributed by atoms with Crippen molar-refractivity contribution in [2.75, 3.05) is 0 Å². The summed E-state index contributed by atoms with van der Waals surface area (Å²) in [7, 11) is -0.472. The molecule has 0 amide bonds. The van der Waals surface area contributed by atoms with Gasteiger partial charge in [0.1, 0.15) is 5.82 Å². The van der Waals surface area contributed by atoms with Crippen molar-refractivity contribution >= 4 is 34.3 Å². The standard InChI is InChI=1S/C48H35BN4O2.Pt/c1-48(2,3)34-25-26-50-45(29-34)53-42-20-11-10-17-39(42)40-23-21-36(31-43(40)53)54-35-22-24-44-41(30-35)47-51-27-28-52(47)49(55-44)46-37(32-13-6-4-7-14-32)18-12-19-38(46)33-15-8-5-9-16-33;/h4-29H,1-3H3;/q-2;+2. The molecular weight excluding hydrogens is 870 g/mol. The van der Waals surface area contributed by atoms with E-state index in [1.54, 1.807) is 0 Å². The maximum absolute atomic E-state index is 6.94. The molecule has 9 aromatic rings. The van der Waals surface area contributed by atoms with E-state index in [-0.39, 0.29) is 26.5 Å². The van der Waals surface area contributed by atoms with Gasteiger partial charge in [-0.3, -0.25) is 4.98 Å². The Labute approximate surface area is 340 Å². The summed E-state index contributed by atoms with van der Waals surface area (Å²) < 4.78 is 17.7. The van der Waals surface area contributed by atoms with Crippen LogP contribution in [0, 0.1) is 12.1 Å². The van der Waals surface area contributed by atoms with Gasteiger partial charge in [-0.05, 0) is 56.8 Å². The molecule has 0 fully saturated rings. The van der Waals surface area contributed by atoms with Crippen molar-refractivity contribution in [2.24, 2.45) is 0 Å². The molecule has 0 saturated heterocycles. The van der Waals surface area contributed by atoms with Gasteiger partial charge in [-0.15, -0.1) is 23.6 Å². The van der Waals surface area contributed by atoms with E-state index in [4.69, 9.17) is 19.4 Å². The third-order valence-electron chi connectivity index (χ3n) is 10.4. The first-order chi connectivity index (χ1) is 26.9. The Kier molecular flexibility index (Phi) is 8.98. The molecule has 0 spiro atoms. The Balaban J connectivity index is 0.00000410. The second-order valence-corrected chi connectivity index (χ2v) is 14.9. The van der Waals surface area contributed by atoms with Gasteiger partial charge in [-0.25, -0.2) is 4.98 Å². The minimum Gasteiger partial charge on any atom is -0.586 e. The minimum absolute atomic E-state index is 0. The van der Waals surface area contributed by atoms with Crippen molar-refractivity contribution in [2.45, 2.75) is 26.2 Å². The third-order valence-corrected chi connectivity index (χ3v) is 10.4. The quantitative estimate of drug-likeness (QED) is 0.123. The number of hydrogen-bond acceptors (Lipinski definition) is 4. The van der Waals surface area contributed by atoms with Gasteiger partial charge in [-0.2, -0.15) is 6.07 Å². The van der Waals surface area contributed by atoms with Crippen LogP contribution in [0.3, 0.4) is 0 Å². The predicted molar refractivity (Wildman–Crippen MR) is 221 cm³/mol. The zero-order valence-corrected chi connectivity index (χ0v) is 33.3. The molecule has 6 nitrogen and oxygen atoms in total. The molecular formula is C48H35BN4O2Pt. The minimum atomic E-state index is -0.472. The maximum Gasteiger partial charge on any atom is 2.00 e. The number of nitrogens with zero attached hydrogens (tertiary/aromatic N) is 4. The van der Waals surface area contributed by atoms with Gasteiger partial charge in [0.2, 0.25) is 0 Å². The molecule has 3 aromatic heterocycles. The second kappa shape index (κ2) is 14.2. The molecule has 0 radical (unpaired) electrons. The molecule has 0 unspecified atom stereocenters. The van der Waals surface area contributed by atoms with Crippen molar-refractivity contribution in [3.63, 3.8) is 0 Å². The Morgan fingerprint density at radius 2 is 1.34 bits per heavy atom. The van der Waals surface area contributed by atoms with Crippen molar-refractivity contribution in [3.8, 4) is 56.7 Å². The van der Waals surface area contributed by atoms with Crippen LogP contribution >= 0.6 is 0 Å². The molecule has 10 rings (SSSR count). The largest absolute Gasteiger partial charge is 2.00 e. The zero-order chi connectivity index (χ0) is 37.1. The Hall–Kier alpha value is -6.17. The Bertz CT molecular complexity index is 2820. The summed E-state index contributed by atoms with van der Waals surface area (Å²) in [5.74, 6) is 3.39. The average molecular weight is 906 g/mol. The molecule has 1 aliphatic heterocycles. The van der Waals surface area contributed by atoms with Gasteiger partial charge >= 0.3 is 28.1 Å². The van der Waals surface area contributed by atoms with Gasteiger partial charge in [0.25, 0.3) is 0 Å². The topological polar surface area (TPSA) is 54.1 Å². The van der Waals surface area contributed by atoms with Crippen LogP contribution in [0.1, 0.15) is 26.3 Å². The SMILES string of the molecule is CC(C)(C)c1ccnc(-n2c3[c-]c(Oc4[c-]c5c(cc4)OB(c4c(-c6ccccc6)cccc4-c4ccccc4)n4ccnc4-5)ccc3c3ccccc32)c1.[Pt+2]. The first-order valence-electron chi connectivity index (χ1n) is 18.5. The number of imidazole rings is 1. The molecule has 56 heavy (non-hydrogen) atoms. The summed E-state index contributed by atoms with van der Waals surface area (Å²) in [5, 5.41) is 2.21. The van der Waals surface area contributed by atoms with Gasteiger partial charge in [-0.1, -0.05) is 141 Å². The van der Waals surface area contributed by atoms with Gasteiger partial charge in [0.15, 0.2) is 0 Å². The first-order valence-corrected chi connectivity index (χ1v) is 18.5. The monoisotopic (exact) mass is 905 g/mol. The van der Waals surface area contributed by atoms with Crippen LogP contribution in [-0.4, -0.2) is 26.1 Å². The van der Waals surface area contributed by atoms with Crippen molar-refractivity contribution in [1.82, 2.24) is 19.0 Å². The van der Waals surface area contributed by atoms with Crippen LogP contribution < -0.4 is 14.9 Å². The van der Waals surface area contributed by atoms with E-state index in [2.05, 4.69) is 151 Å². The summed E-state index contributed by atoms with van der Waals surface area (Å²) >= 11 is 0. The van der Waals surface area contributed by atoms with Crippen LogP contribution in [-0.2, 0) is 26.5 Å². The van der Waals surface area contributed by atoms with Crippen molar-refractivity contribution < 1.29 is 30.5 Å². The molecule has 0 bridgehead atoms. The maximum atomic E-state index is 6.94. The Morgan fingerprint density at radius 3 is 2.07 bits per heavy atom. The smallest absolute Gasteiger partial charge is 0.586 e. The van der Waals surface area contributed by atoms with Crippen LogP contribution in [0.4, 0.5) is 0 Å². The number of rotatable bonds is 6. The number of ether oxygens (including phenoxy) is 1. The van der Waals surface area contributed by atoms with E-state index in [0.29, 0.717) is 17.2 Å². The summed E-state index contributed by atoms with van der Waals surface area (Å²) in [6.45, 7) is 6.65. The van der Waals surface area contributed by atoms with Crippen LogP contribution in [0.25, 0.3) is 61.3 Å². The predicted octanol–water partition coefficient (Wildman–Crippen LogP) is 10.7. The van der Waals surface area contributed by atoms with Gasteiger partial charge in [0.05, 0.1) is 5.82 Å². The van der Waals surface area contributed by atoms with E-state index in [9.17, 15) is 0 Å². The molecule has 0 atom stereocenters. The summed E-state index contributed by atoms with van der Waals surface area (Å²) in [6, 6.07) is 55.0. The van der Waals surface area contributed by atoms with Gasteiger partial charge < -0.3 is 18.4 Å². The zero-order valence-electron chi connectivity index (χ0n) is 31.0. The number of aromatic nitrogens is 4. The normalized spacial score (nSPS) is 12.2. The van der Waals surface area contributed by atoms with E-state index in [1.165, 1.54) is 5.56 Å². The third kappa shape index (κ3) is 6.13. The fraction of sp³-hybridized carbons (Fsp3) is 0.0833. The average Bonchev–Trinajstić information content (AvgIpc) is 3.85. The molecule has 0 aliphatic carbocycles. The van der Waals surface area contributed by atoms with Gasteiger partial charge in [0, 0.05) is 46.8 Å². The molecule has 0 N–H and O–H groups in total. The van der Waals surface area contributed by atoms with E-state index < -0.39 is 7.05 Å². The fourth-order valence-electron chi connectivity index (χ4n) is 7.72. The number of fused-ring (bicyclic) bond motifs is 6. The number of hydrogen-bond donors (Lipinski definition) is 0. The molecule has 8 heteroatoms. The second-order valence-electron chi connectivity index (χ2n) is 14.9. The first kappa shape index (κ1) is 35.5. The van der Waals surface area contributed by atoms with Crippen molar-refractivity contribution in [1.29, 1.82) is 0 Å². The van der Waals surface area contributed by atoms with E-state index in [1.807, 2.05) is 48.9 Å². The number of pyridine rings is 1. The molecule has 272 valence electrons. The summed E-state index contributed by atoms with van der Waals surface area (Å²) in [6.07, 6.45) is 5.68. The van der Waals surface area contributed by atoms with Crippen LogP contribution in [0.15, 0.2) is 158 Å². The van der Waals surface area contributed by atoms with Crippen molar-refractivity contribution in [3.05, 3.63) is 176 Å². The van der Waals surface area contributed by atoms with E-state index >= 15 is 0 Å². The molecule has 0 saturated carbocycles. The number of para-hydroxylation sites is 1. The van der Waals surface area contributed by atoms with Crippen LogP contribution in [0.2, 0.25) is 0 Å². The van der Waals surface area contributed by atoms with Crippen LogP contribution in [0.5, 0.6) is 17.2 Å². The molecule has 1 aliphatic rings. The fourth-order valence-corrected chi connectivity index (χ4v) is 7.72. The Morgan fingerprint density at radius 1 is 0.661 bits per heavy atom. The summed E-state index contributed by atoms with van der Waals surface area (Å²) in [5.41, 5.74) is 9.37.